The summed E-state index contributed by atoms with van der Waals surface area (Å²) in [6.07, 6.45) is 5.13. The highest BCUT2D eigenvalue weighted by Gasteiger charge is 2.30. The van der Waals surface area contributed by atoms with Gasteiger partial charge in [-0.15, -0.1) is 11.6 Å². The van der Waals surface area contributed by atoms with Gasteiger partial charge in [-0.2, -0.15) is 0 Å². The van der Waals surface area contributed by atoms with Crippen molar-refractivity contribution in [2.45, 2.75) is 37.0 Å². The Labute approximate surface area is 83.9 Å². The molecule has 2 aliphatic rings. The van der Waals surface area contributed by atoms with Crippen molar-refractivity contribution >= 4 is 11.6 Å². The van der Waals surface area contributed by atoms with Gasteiger partial charge in [0, 0.05) is 0 Å². The second kappa shape index (κ2) is 2.75. The third kappa shape index (κ3) is 1.20. The molecule has 1 aromatic rings. The molecule has 0 spiro atoms. The Hall–Kier alpha value is -0.490. The summed E-state index contributed by atoms with van der Waals surface area (Å²) in [6.45, 7) is 0. The third-order valence-electron chi connectivity index (χ3n) is 3.25. The van der Waals surface area contributed by atoms with Gasteiger partial charge in [0.15, 0.2) is 0 Å². The highest BCUT2D eigenvalue weighted by Crippen LogP contribution is 2.46. The Balaban J connectivity index is 2.11. The van der Waals surface area contributed by atoms with E-state index < -0.39 is 0 Å². The predicted octanol–water partition coefficient (Wildman–Crippen LogP) is 3.79. The predicted molar refractivity (Wildman–Crippen MR) is 55.3 cm³/mol. The van der Waals surface area contributed by atoms with Gasteiger partial charge in [-0.05, 0) is 48.3 Å². The number of hydrogen-bond acceptors (Lipinski definition) is 0. The normalized spacial score (nSPS) is 26.1. The summed E-state index contributed by atoms with van der Waals surface area (Å²) >= 11 is 6.24. The first-order valence-corrected chi connectivity index (χ1v) is 5.55. The van der Waals surface area contributed by atoms with E-state index in [1.807, 2.05) is 0 Å². The molecule has 0 saturated heterocycles. The molecule has 0 amide bonds. The topological polar surface area (TPSA) is 0 Å². The summed E-state index contributed by atoms with van der Waals surface area (Å²) < 4.78 is 0. The standard InChI is InChI=1S/C12H13Cl/c13-12-7-6-10-9(8-4-5-8)2-1-3-11(10)12/h1-3,8,12H,4-7H2. The first kappa shape index (κ1) is 7.87. The van der Waals surface area contributed by atoms with Crippen LogP contribution in [0.5, 0.6) is 0 Å². The molecule has 1 aromatic carbocycles. The summed E-state index contributed by atoms with van der Waals surface area (Å²) in [5, 5.41) is 0.286. The molecule has 1 fully saturated rings. The summed E-state index contributed by atoms with van der Waals surface area (Å²) in [7, 11) is 0. The van der Waals surface area contributed by atoms with E-state index in [1.54, 1.807) is 11.1 Å². The lowest BCUT2D eigenvalue weighted by molar-refractivity contribution is 0.877. The molecule has 68 valence electrons. The zero-order valence-corrected chi connectivity index (χ0v) is 8.35. The van der Waals surface area contributed by atoms with Gasteiger partial charge in [-0.25, -0.2) is 0 Å². The van der Waals surface area contributed by atoms with Crippen LogP contribution in [0.2, 0.25) is 0 Å². The molecule has 0 nitrogen and oxygen atoms in total. The molecular weight excluding hydrogens is 180 g/mol. The fourth-order valence-corrected chi connectivity index (χ4v) is 2.72. The lowest BCUT2D eigenvalue weighted by atomic mass is 10.00. The highest BCUT2D eigenvalue weighted by molar-refractivity contribution is 6.21. The number of rotatable bonds is 1. The second-order valence-corrected chi connectivity index (χ2v) is 4.72. The molecule has 0 aliphatic heterocycles. The van der Waals surface area contributed by atoms with Gasteiger partial charge in [0.2, 0.25) is 0 Å². The number of fused-ring (bicyclic) bond motifs is 1. The molecule has 3 rings (SSSR count). The molecule has 0 aromatic heterocycles. The molecule has 1 unspecified atom stereocenters. The van der Waals surface area contributed by atoms with E-state index in [2.05, 4.69) is 18.2 Å². The molecule has 1 heteroatoms. The van der Waals surface area contributed by atoms with Gasteiger partial charge in [-0.3, -0.25) is 0 Å². The molecule has 13 heavy (non-hydrogen) atoms. The largest absolute Gasteiger partial charge is 0.118 e. The van der Waals surface area contributed by atoms with Gasteiger partial charge < -0.3 is 0 Å². The van der Waals surface area contributed by atoms with E-state index in [0.29, 0.717) is 0 Å². The number of hydrogen-bond donors (Lipinski definition) is 0. The van der Waals surface area contributed by atoms with Crippen LogP contribution < -0.4 is 0 Å². The lowest BCUT2D eigenvalue weighted by Gasteiger charge is -2.07. The van der Waals surface area contributed by atoms with E-state index in [4.69, 9.17) is 11.6 Å². The van der Waals surface area contributed by atoms with Crippen molar-refractivity contribution in [1.82, 2.24) is 0 Å². The minimum atomic E-state index is 0.286. The van der Waals surface area contributed by atoms with Crippen molar-refractivity contribution in [3.8, 4) is 0 Å². The summed E-state index contributed by atoms with van der Waals surface area (Å²) in [4.78, 5) is 0. The smallest absolute Gasteiger partial charge is 0.0591 e. The SMILES string of the molecule is ClC1CCc2c1cccc2C1CC1. The fraction of sp³-hybridized carbons (Fsp3) is 0.500. The van der Waals surface area contributed by atoms with Crippen LogP contribution in [0.3, 0.4) is 0 Å². The van der Waals surface area contributed by atoms with Gasteiger partial charge in [0.1, 0.15) is 0 Å². The van der Waals surface area contributed by atoms with Crippen LogP contribution in [0.15, 0.2) is 18.2 Å². The zero-order chi connectivity index (χ0) is 8.84. The van der Waals surface area contributed by atoms with Crippen LogP contribution in [0, 0.1) is 0 Å². The van der Waals surface area contributed by atoms with Crippen molar-refractivity contribution in [3.05, 3.63) is 34.9 Å². The average Bonchev–Trinajstić information content (AvgIpc) is 2.92. The minimum Gasteiger partial charge on any atom is -0.118 e. The van der Waals surface area contributed by atoms with Gasteiger partial charge in [0.25, 0.3) is 0 Å². The molecule has 2 aliphatic carbocycles. The van der Waals surface area contributed by atoms with Crippen LogP contribution in [0.4, 0.5) is 0 Å². The molecule has 0 bridgehead atoms. The fourth-order valence-electron chi connectivity index (χ4n) is 2.41. The van der Waals surface area contributed by atoms with Crippen LogP contribution in [-0.4, -0.2) is 0 Å². The zero-order valence-electron chi connectivity index (χ0n) is 7.59. The molecule has 0 heterocycles. The number of halogens is 1. The van der Waals surface area contributed by atoms with Crippen LogP contribution in [-0.2, 0) is 6.42 Å². The van der Waals surface area contributed by atoms with E-state index in [1.165, 1.54) is 24.8 Å². The Morgan fingerprint density at radius 2 is 1.85 bits per heavy atom. The lowest BCUT2D eigenvalue weighted by Crippen LogP contribution is -1.90. The molecule has 1 atom stereocenters. The van der Waals surface area contributed by atoms with E-state index in [0.717, 1.165) is 12.3 Å². The molecule has 0 N–H and O–H groups in total. The molecule has 1 saturated carbocycles. The Kier molecular flexibility index (Phi) is 1.66. The maximum absolute atomic E-state index is 6.24. The van der Waals surface area contributed by atoms with Crippen molar-refractivity contribution in [2.75, 3.05) is 0 Å². The summed E-state index contributed by atoms with van der Waals surface area (Å²) in [6, 6.07) is 6.67. The highest BCUT2D eigenvalue weighted by atomic mass is 35.5. The summed E-state index contributed by atoms with van der Waals surface area (Å²) in [5.74, 6) is 0.872. The first-order valence-electron chi connectivity index (χ1n) is 5.12. The van der Waals surface area contributed by atoms with Crippen LogP contribution >= 0.6 is 11.6 Å². The van der Waals surface area contributed by atoms with E-state index >= 15 is 0 Å². The molecule has 0 radical (unpaired) electrons. The Morgan fingerprint density at radius 3 is 2.62 bits per heavy atom. The monoisotopic (exact) mass is 192 g/mol. The van der Waals surface area contributed by atoms with Gasteiger partial charge in [-0.1, -0.05) is 18.2 Å². The van der Waals surface area contributed by atoms with Crippen LogP contribution in [0.1, 0.15) is 47.2 Å². The van der Waals surface area contributed by atoms with Gasteiger partial charge in [0.05, 0.1) is 5.38 Å². The maximum Gasteiger partial charge on any atom is 0.0591 e. The van der Waals surface area contributed by atoms with Crippen molar-refractivity contribution in [3.63, 3.8) is 0 Å². The first-order chi connectivity index (χ1) is 6.36. The minimum absolute atomic E-state index is 0.286. The van der Waals surface area contributed by atoms with Crippen LogP contribution in [0.25, 0.3) is 0 Å². The van der Waals surface area contributed by atoms with Crippen molar-refractivity contribution in [2.24, 2.45) is 0 Å². The second-order valence-electron chi connectivity index (χ2n) is 4.20. The van der Waals surface area contributed by atoms with Gasteiger partial charge >= 0.3 is 0 Å². The maximum atomic E-state index is 6.24. The third-order valence-corrected chi connectivity index (χ3v) is 3.70. The van der Waals surface area contributed by atoms with E-state index in [-0.39, 0.29) is 5.38 Å². The Morgan fingerprint density at radius 1 is 1.08 bits per heavy atom. The van der Waals surface area contributed by atoms with E-state index in [9.17, 15) is 0 Å². The summed E-state index contributed by atoms with van der Waals surface area (Å²) in [5.41, 5.74) is 4.58. The van der Waals surface area contributed by atoms with Crippen molar-refractivity contribution < 1.29 is 0 Å². The average molecular weight is 193 g/mol. The van der Waals surface area contributed by atoms with Crippen molar-refractivity contribution in [1.29, 1.82) is 0 Å². The number of benzene rings is 1. The molecular formula is C12H13Cl. The quantitative estimate of drug-likeness (QED) is 0.594. The number of alkyl halides is 1. The Bertz CT molecular complexity index is 339.